The summed E-state index contributed by atoms with van der Waals surface area (Å²) in [5.74, 6) is -0.197. The highest BCUT2D eigenvalue weighted by atomic mass is 19.1. The third kappa shape index (κ3) is 3.13. The molecule has 1 aromatic carbocycles. The molecule has 1 rings (SSSR count). The van der Waals surface area contributed by atoms with Gasteiger partial charge in [-0.2, -0.15) is 0 Å². The van der Waals surface area contributed by atoms with E-state index in [0.29, 0.717) is 5.56 Å². The van der Waals surface area contributed by atoms with Crippen LogP contribution in [0.4, 0.5) is 4.39 Å². The van der Waals surface area contributed by atoms with Gasteiger partial charge in [0, 0.05) is 5.56 Å². The van der Waals surface area contributed by atoms with E-state index >= 15 is 0 Å². The fraction of sp³-hybridized carbons (Fsp3) is 0.417. The Labute approximate surface area is 89.1 Å². The Kier molecular flexibility index (Phi) is 4.43. The number of hydrogen-bond donors (Lipinski definition) is 0. The fourth-order valence-corrected chi connectivity index (χ4v) is 1.41. The number of carbonyl (C=O) groups is 1. The van der Waals surface area contributed by atoms with Crippen LogP contribution in [0, 0.1) is 5.92 Å². The number of benzene rings is 1. The molecule has 3 heteroatoms. The summed E-state index contributed by atoms with van der Waals surface area (Å²) in [6.45, 7) is 2.74. The number of carbonyl (C=O) groups excluding carboxylic acids is 1. The first kappa shape index (κ1) is 11.9. The minimum atomic E-state index is -0.929. The molecule has 2 nitrogen and oxygen atoms in total. The first-order valence-electron chi connectivity index (χ1n) is 4.93. The normalized spacial score (nSPS) is 12.8. The second-order valence-electron chi connectivity index (χ2n) is 3.67. The fourth-order valence-electron chi connectivity index (χ4n) is 1.41. The third-order valence-corrected chi connectivity index (χ3v) is 2.16. The van der Waals surface area contributed by atoms with E-state index in [1.54, 1.807) is 24.3 Å². The quantitative estimate of drug-likeness (QED) is 0.698. The van der Waals surface area contributed by atoms with Crippen LogP contribution in [-0.2, 0) is 4.74 Å². The Balaban J connectivity index is 2.81. The van der Waals surface area contributed by atoms with E-state index in [2.05, 4.69) is 0 Å². The van der Waals surface area contributed by atoms with E-state index in [9.17, 15) is 9.18 Å². The molecular weight excluding hydrogens is 195 g/mol. The molecule has 0 aliphatic rings. The van der Waals surface area contributed by atoms with Gasteiger partial charge >= 0.3 is 0 Å². The first-order valence-corrected chi connectivity index (χ1v) is 4.93. The minimum absolute atomic E-state index is 0.0338. The highest BCUT2D eigenvalue weighted by Gasteiger charge is 2.23. The number of Topliss-reactive ketones (excluding diaryl/α,β-unsaturated/α-hetero) is 1. The Morgan fingerprint density at radius 3 is 2.40 bits per heavy atom. The number of ketones is 1. The summed E-state index contributed by atoms with van der Waals surface area (Å²) in [4.78, 5) is 11.9. The number of hydrogen-bond acceptors (Lipinski definition) is 2. The van der Waals surface area contributed by atoms with Crippen molar-refractivity contribution >= 4 is 5.78 Å². The van der Waals surface area contributed by atoms with Gasteiger partial charge in [-0.3, -0.25) is 4.79 Å². The van der Waals surface area contributed by atoms with E-state index in [4.69, 9.17) is 4.74 Å². The van der Waals surface area contributed by atoms with Crippen LogP contribution in [0.15, 0.2) is 30.3 Å². The summed E-state index contributed by atoms with van der Waals surface area (Å²) in [5, 5.41) is 0. The molecule has 0 N–H and O–H groups in total. The standard InChI is InChI=1S/C12H15FO2/c1-9(2)12(15-8-13)11(14)10-6-4-3-5-7-10/h3-7,9,12H,8H2,1-2H3. The monoisotopic (exact) mass is 210 g/mol. The molecule has 1 atom stereocenters. The summed E-state index contributed by atoms with van der Waals surface area (Å²) in [7, 11) is 0. The van der Waals surface area contributed by atoms with Crippen molar-refractivity contribution in [1.29, 1.82) is 0 Å². The Morgan fingerprint density at radius 2 is 1.93 bits per heavy atom. The molecule has 0 radical (unpaired) electrons. The van der Waals surface area contributed by atoms with Gasteiger partial charge in [-0.25, -0.2) is 4.39 Å². The van der Waals surface area contributed by atoms with Crippen molar-refractivity contribution in [3.8, 4) is 0 Å². The Hall–Kier alpha value is -1.22. The molecule has 0 fully saturated rings. The van der Waals surface area contributed by atoms with Gasteiger partial charge in [0.25, 0.3) is 0 Å². The summed E-state index contributed by atoms with van der Waals surface area (Å²) in [6.07, 6.45) is -0.697. The number of halogens is 1. The second kappa shape index (κ2) is 5.61. The number of ether oxygens (including phenoxy) is 1. The summed E-state index contributed by atoms with van der Waals surface area (Å²) in [5.41, 5.74) is 0.560. The molecule has 1 aromatic rings. The van der Waals surface area contributed by atoms with Crippen molar-refractivity contribution in [2.45, 2.75) is 20.0 Å². The van der Waals surface area contributed by atoms with Gasteiger partial charge in [0.15, 0.2) is 12.6 Å². The van der Waals surface area contributed by atoms with Crippen molar-refractivity contribution in [2.75, 3.05) is 6.86 Å². The van der Waals surface area contributed by atoms with Crippen LogP contribution in [-0.4, -0.2) is 18.7 Å². The summed E-state index contributed by atoms with van der Waals surface area (Å²) >= 11 is 0. The maximum Gasteiger partial charge on any atom is 0.191 e. The second-order valence-corrected chi connectivity index (χ2v) is 3.67. The number of alkyl halides is 1. The van der Waals surface area contributed by atoms with Crippen LogP contribution in [0.5, 0.6) is 0 Å². The highest BCUT2D eigenvalue weighted by molar-refractivity contribution is 5.99. The van der Waals surface area contributed by atoms with Gasteiger partial charge in [0.2, 0.25) is 0 Å². The number of rotatable bonds is 5. The maximum absolute atomic E-state index is 12.1. The maximum atomic E-state index is 12.1. The van der Waals surface area contributed by atoms with Crippen LogP contribution < -0.4 is 0 Å². The van der Waals surface area contributed by atoms with Gasteiger partial charge in [0.05, 0.1) is 0 Å². The third-order valence-electron chi connectivity index (χ3n) is 2.16. The molecule has 0 saturated carbocycles. The molecule has 0 heterocycles. The smallest absolute Gasteiger partial charge is 0.191 e. The molecule has 1 unspecified atom stereocenters. The van der Waals surface area contributed by atoms with Crippen molar-refractivity contribution in [1.82, 2.24) is 0 Å². The molecule has 82 valence electrons. The van der Waals surface area contributed by atoms with Crippen LogP contribution >= 0.6 is 0 Å². The highest BCUT2D eigenvalue weighted by Crippen LogP contribution is 2.13. The zero-order valence-corrected chi connectivity index (χ0v) is 8.94. The largest absolute Gasteiger partial charge is 0.339 e. The van der Waals surface area contributed by atoms with Crippen molar-refractivity contribution in [3.05, 3.63) is 35.9 Å². The molecule has 0 saturated heterocycles. The molecule has 0 aromatic heterocycles. The van der Waals surface area contributed by atoms with Gasteiger partial charge in [0.1, 0.15) is 6.10 Å². The van der Waals surface area contributed by atoms with E-state index in [1.807, 2.05) is 19.9 Å². The van der Waals surface area contributed by atoms with E-state index in [-0.39, 0.29) is 11.7 Å². The molecule has 0 aliphatic heterocycles. The zero-order chi connectivity index (χ0) is 11.3. The van der Waals surface area contributed by atoms with Crippen LogP contribution in [0.1, 0.15) is 24.2 Å². The van der Waals surface area contributed by atoms with Crippen LogP contribution in [0.2, 0.25) is 0 Å². The minimum Gasteiger partial charge on any atom is -0.339 e. The molecule has 15 heavy (non-hydrogen) atoms. The molecule has 0 amide bonds. The van der Waals surface area contributed by atoms with E-state index in [1.165, 1.54) is 0 Å². The van der Waals surface area contributed by atoms with E-state index < -0.39 is 13.0 Å². The van der Waals surface area contributed by atoms with Gasteiger partial charge in [-0.1, -0.05) is 44.2 Å². The van der Waals surface area contributed by atoms with E-state index in [0.717, 1.165) is 0 Å². The molecule has 0 spiro atoms. The molecular formula is C12H15FO2. The average molecular weight is 210 g/mol. The molecule has 0 bridgehead atoms. The van der Waals surface area contributed by atoms with Crippen molar-refractivity contribution in [3.63, 3.8) is 0 Å². The van der Waals surface area contributed by atoms with Crippen LogP contribution in [0.3, 0.4) is 0 Å². The summed E-state index contributed by atoms with van der Waals surface area (Å²) < 4.78 is 16.9. The first-order chi connectivity index (χ1) is 7.16. The molecule has 0 aliphatic carbocycles. The predicted octanol–water partition coefficient (Wildman–Crippen LogP) is 2.84. The Bertz CT molecular complexity index is 309. The van der Waals surface area contributed by atoms with Gasteiger partial charge in [-0.15, -0.1) is 0 Å². The predicted molar refractivity (Wildman–Crippen MR) is 56.5 cm³/mol. The lowest BCUT2D eigenvalue weighted by Crippen LogP contribution is -2.29. The van der Waals surface area contributed by atoms with Crippen molar-refractivity contribution in [2.24, 2.45) is 5.92 Å². The average Bonchev–Trinajstić information content (AvgIpc) is 2.26. The Morgan fingerprint density at radius 1 is 1.33 bits per heavy atom. The lowest BCUT2D eigenvalue weighted by atomic mass is 9.98. The zero-order valence-electron chi connectivity index (χ0n) is 8.94. The van der Waals surface area contributed by atoms with Crippen LogP contribution in [0.25, 0.3) is 0 Å². The summed E-state index contributed by atoms with van der Waals surface area (Å²) in [6, 6.07) is 8.80. The SMILES string of the molecule is CC(C)C(OCF)C(=O)c1ccccc1. The topological polar surface area (TPSA) is 26.3 Å². The lowest BCUT2D eigenvalue weighted by Gasteiger charge is -2.18. The lowest BCUT2D eigenvalue weighted by molar-refractivity contribution is -0.0155. The van der Waals surface area contributed by atoms with Crippen molar-refractivity contribution < 1.29 is 13.9 Å². The van der Waals surface area contributed by atoms with Gasteiger partial charge < -0.3 is 4.74 Å². The van der Waals surface area contributed by atoms with Gasteiger partial charge in [-0.05, 0) is 5.92 Å².